The number of carbonyl (C=O) groups excluding carboxylic acids is 1. The third kappa shape index (κ3) is 4.95. The molecular formula is C22H19BrClF3N6O. The number of aromatic nitrogens is 5. The minimum Gasteiger partial charge on any atom is -0.303 e. The SMILES string of the molecule is CC(C)(C)c1cc(C(F)(F)F)n2nc(C(=O)Nc3nn(Cc4ccccc4Cl)cc3Br)cc2n1. The zero-order valence-electron chi connectivity index (χ0n) is 18.3. The Bertz CT molecular complexity index is 1390. The fourth-order valence-corrected chi connectivity index (χ4v) is 3.82. The van der Waals surface area contributed by atoms with Crippen molar-refractivity contribution in [1.29, 1.82) is 0 Å². The van der Waals surface area contributed by atoms with Crippen molar-refractivity contribution in [2.45, 2.75) is 38.9 Å². The van der Waals surface area contributed by atoms with Crippen LogP contribution >= 0.6 is 27.5 Å². The molecule has 0 fully saturated rings. The van der Waals surface area contributed by atoms with Gasteiger partial charge in [0.1, 0.15) is 5.69 Å². The minimum atomic E-state index is -4.68. The summed E-state index contributed by atoms with van der Waals surface area (Å²) in [5, 5.41) is 11.3. The first-order valence-electron chi connectivity index (χ1n) is 10.1. The predicted molar refractivity (Wildman–Crippen MR) is 125 cm³/mol. The van der Waals surface area contributed by atoms with E-state index in [0.29, 0.717) is 20.6 Å². The zero-order chi connectivity index (χ0) is 24.8. The van der Waals surface area contributed by atoms with E-state index in [1.54, 1.807) is 37.7 Å². The first-order chi connectivity index (χ1) is 15.8. The third-order valence-electron chi connectivity index (χ3n) is 4.96. The molecule has 34 heavy (non-hydrogen) atoms. The van der Waals surface area contributed by atoms with E-state index in [-0.39, 0.29) is 22.9 Å². The van der Waals surface area contributed by atoms with Gasteiger partial charge < -0.3 is 5.32 Å². The Morgan fingerprint density at radius 3 is 2.50 bits per heavy atom. The molecule has 4 rings (SSSR count). The van der Waals surface area contributed by atoms with E-state index in [2.05, 4.69) is 36.4 Å². The highest BCUT2D eigenvalue weighted by Crippen LogP contribution is 2.33. The molecule has 0 aliphatic heterocycles. The van der Waals surface area contributed by atoms with E-state index < -0.39 is 23.2 Å². The molecule has 0 spiro atoms. The first kappa shape index (κ1) is 24.2. The topological polar surface area (TPSA) is 77.1 Å². The molecule has 0 saturated heterocycles. The van der Waals surface area contributed by atoms with Crippen molar-refractivity contribution < 1.29 is 18.0 Å². The van der Waals surface area contributed by atoms with Crippen molar-refractivity contribution in [1.82, 2.24) is 24.4 Å². The van der Waals surface area contributed by atoms with Gasteiger partial charge in [-0.15, -0.1) is 0 Å². The molecule has 1 N–H and O–H groups in total. The number of rotatable bonds is 4. The van der Waals surface area contributed by atoms with Crippen molar-refractivity contribution in [2.75, 3.05) is 5.32 Å². The lowest BCUT2D eigenvalue weighted by Crippen LogP contribution is -2.20. The van der Waals surface area contributed by atoms with Gasteiger partial charge in [-0.3, -0.25) is 9.48 Å². The van der Waals surface area contributed by atoms with Crippen LogP contribution in [0.2, 0.25) is 5.02 Å². The summed E-state index contributed by atoms with van der Waals surface area (Å²) in [5.41, 5.74) is -0.872. The summed E-state index contributed by atoms with van der Waals surface area (Å²) in [6, 6.07) is 9.44. The lowest BCUT2D eigenvalue weighted by Gasteiger charge is -2.19. The quantitative estimate of drug-likeness (QED) is 0.337. The van der Waals surface area contributed by atoms with Crippen LogP contribution in [-0.2, 0) is 18.1 Å². The number of nitrogens with zero attached hydrogens (tertiary/aromatic N) is 5. The third-order valence-corrected chi connectivity index (χ3v) is 5.91. The predicted octanol–water partition coefficient (Wildman–Crippen LogP) is 5.96. The number of amides is 1. The van der Waals surface area contributed by atoms with Crippen molar-refractivity contribution in [3.05, 3.63) is 74.7 Å². The Hall–Kier alpha value is -2.92. The lowest BCUT2D eigenvalue weighted by atomic mass is 9.91. The average molecular weight is 556 g/mol. The molecule has 4 aromatic rings. The molecule has 0 aliphatic rings. The zero-order valence-corrected chi connectivity index (χ0v) is 20.6. The molecular weight excluding hydrogens is 537 g/mol. The summed E-state index contributed by atoms with van der Waals surface area (Å²) in [6.07, 6.45) is -3.02. The highest BCUT2D eigenvalue weighted by atomic mass is 79.9. The molecule has 0 atom stereocenters. The number of benzene rings is 1. The van der Waals surface area contributed by atoms with Gasteiger partial charge in [0.05, 0.1) is 16.7 Å². The van der Waals surface area contributed by atoms with Gasteiger partial charge in [-0.2, -0.15) is 23.4 Å². The fraction of sp³-hybridized carbons (Fsp3) is 0.273. The van der Waals surface area contributed by atoms with Gasteiger partial charge in [-0.25, -0.2) is 9.50 Å². The van der Waals surface area contributed by atoms with Crippen molar-refractivity contribution >= 4 is 44.9 Å². The molecule has 0 saturated carbocycles. The summed E-state index contributed by atoms with van der Waals surface area (Å²) >= 11 is 9.52. The van der Waals surface area contributed by atoms with Gasteiger partial charge in [0.15, 0.2) is 17.2 Å². The minimum absolute atomic E-state index is 0.0757. The summed E-state index contributed by atoms with van der Waals surface area (Å²) in [4.78, 5) is 17.1. The summed E-state index contributed by atoms with van der Waals surface area (Å²) < 4.78 is 43.8. The van der Waals surface area contributed by atoms with Crippen molar-refractivity contribution in [3.8, 4) is 0 Å². The van der Waals surface area contributed by atoms with Crippen LogP contribution in [0, 0.1) is 0 Å². The summed E-state index contributed by atoms with van der Waals surface area (Å²) in [6.45, 7) is 5.63. The molecule has 1 aromatic carbocycles. The van der Waals surface area contributed by atoms with Crippen LogP contribution in [0.3, 0.4) is 0 Å². The van der Waals surface area contributed by atoms with E-state index in [1.165, 1.54) is 6.07 Å². The number of hydrogen-bond acceptors (Lipinski definition) is 4. The van der Waals surface area contributed by atoms with Crippen LogP contribution < -0.4 is 5.32 Å². The van der Waals surface area contributed by atoms with E-state index in [9.17, 15) is 18.0 Å². The van der Waals surface area contributed by atoms with Gasteiger partial charge >= 0.3 is 6.18 Å². The smallest absolute Gasteiger partial charge is 0.303 e. The molecule has 0 radical (unpaired) electrons. The molecule has 0 unspecified atom stereocenters. The second kappa shape index (κ2) is 8.70. The number of hydrogen-bond donors (Lipinski definition) is 1. The van der Waals surface area contributed by atoms with Gasteiger partial charge in [0.2, 0.25) is 0 Å². The van der Waals surface area contributed by atoms with E-state index in [1.807, 2.05) is 18.2 Å². The van der Waals surface area contributed by atoms with Gasteiger partial charge in [0.25, 0.3) is 5.91 Å². The van der Waals surface area contributed by atoms with Gasteiger partial charge in [0, 0.05) is 22.7 Å². The fourth-order valence-electron chi connectivity index (χ4n) is 3.21. The highest BCUT2D eigenvalue weighted by molar-refractivity contribution is 9.10. The van der Waals surface area contributed by atoms with E-state index >= 15 is 0 Å². The molecule has 3 aromatic heterocycles. The molecule has 0 bridgehead atoms. The van der Waals surface area contributed by atoms with Crippen molar-refractivity contribution in [2.24, 2.45) is 0 Å². The standard InChI is InChI=1S/C22H19BrClF3N6O/c1-21(2,3)16-9-17(22(25,26)27)33-18(28-16)8-15(30-33)20(34)29-19-13(23)11-32(31-19)10-12-6-4-5-7-14(12)24/h4-9,11H,10H2,1-3H3,(H,29,31,34). The Morgan fingerprint density at radius 2 is 1.85 bits per heavy atom. The van der Waals surface area contributed by atoms with Crippen LogP contribution in [0.5, 0.6) is 0 Å². The molecule has 7 nitrogen and oxygen atoms in total. The maximum Gasteiger partial charge on any atom is 0.433 e. The largest absolute Gasteiger partial charge is 0.433 e. The van der Waals surface area contributed by atoms with Crippen LogP contribution in [0.1, 0.15) is 48.2 Å². The van der Waals surface area contributed by atoms with E-state index in [4.69, 9.17) is 11.6 Å². The van der Waals surface area contributed by atoms with Crippen LogP contribution in [0.25, 0.3) is 5.65 Å². The maximum atomic E-state index is 13.7. The number of fused-ring (bicyclic) bond motifs is 1. The number of nitrogens with one attached hydrogen (secondary N) is 1. The monoisotopic (exact) mass is 554 g/mol. The second-order valence-corrected chi connectivity index (χ2v) is 9.90. The van der Waals surface area contributed by atoms with Crippen molar-refractivity contribution in [3.63, 3.8) is 0 Å². The van der Waals surface area contributed by atoms with E-state index in [0.717, 1.165) is 11.6 Å². The number of carbonyl (C=O) groups is 1. The Balaban J connectivity index is 1.64. The number of halogens is 5. The Kier molecular flexibility index (Phi) is 6.19. The molecule has 12 heteroatoms. The normalized spacial score (nSPS) is 12.4. The Morgan fingerprint density at radius 1 is 1.15 bits per heavy atom. The Labute approximate surface area is 206 Å². The molecule has 1 amide bonds. The van der Waals surface area contributed by atoms with Gasteiger partial charge in [-0.1, -0.05) is 50.6 Å². The van der Waals surface area contributed by atoms with Crippen LogP contribution in [-0.4, -0.2) is 30.3 Å². The summed E-state index contributed by atoms with van der Waals surface area (Å²) in [7, 11) is 0. The average Bonchev–Trinajstić information content (AvgIpc) is 3.31. The second-order valence-electron chi connectivity index (χ2n) is 8.64. The number of anilines is 1. The first-order valence-corrected chi connectivity index (χ1v) is 11.3. The summed E-state index contributed by atoms with van der Waals surface area (Å²) in [5.74, 6) is -0.534. The molecule has 178 valence electrons. The lowest BCUT2D eigenvalue weighted by molar-refractivity contribution is -0.142. The molecule has 0 aliphatic carbocycles. The van der Waals surface area contributed by atoms with Crippen LogP contribution in [0.15, 0.2) is 47.1 Å². The van der Waals surface area contributed by atoms with Crippen LogP contribution in [0.4, 0.5) is 19.0 Å². The number of alkyl halides is 3. The highest BCUT2D eigenvalue weighted by Gasteiger charge is 2.36. The molecule has 3 heterocycles. The van der Waals surface area contributed by atoms with Gasteiger partial charge in [-0.05, 0) is 33.6 Å². The maximum absolute atomic E-state index is 13.7.